The Morgan fingerprint density at radius 3 is 1.68 bits per heavy atom. The van der Waals surface area contributed by atoms with E-state index in [1.54, 1.807) is 0 Å². The lowest BCUT2D eigenvalue weighted by atomic mass is 9.79. The molecule has 0 saturated heterocycles. The summed E-state index contributed by atoms with van der Waals surface area (Å²) in [6.07, 6.45) is 1.94. The van der Waals surface area contributed by atoms with Crippen molar-refractivity contribution < 1.29 is 4.74 Å². The first-order valence-electron chi connectivity index (χ1n) is 27.6. The minimum Gasteiger partial charge on any atom is -0.457 e. The third-order valence-corrected chi connectivity index (χ3v) is 16.6. The highest BCUT2D eigenvalue weighted by Crippen LogP contribution is 2.50. The molecule has 0 fully saturated rings. The van der Waals surface area contributed by atoms with Crippen molar-refractivity contribution in [3.8, 4) is 39.6 Å². The number of fused-ring (bicyclic) bond motifs is 7. The Hall–Kier alpha value is -7.67. The van der Waals surface area contributed by atoms with E-state index in [4.69, 9.17) is 9.72 Å². The molecule has 2 N–H and O–H groups in total. The molecule has 11 rings (SSSR count). The van der Waals surface area contributed by atoms with Gasteiger partial charge in [0, 0.05) is 66.1 Å². The number of para-hydroxylation sites is 3. The van der Waals surface area contributed by atoms with Gasteiger partial charge in [-0.25, -0.2) is 4.98 Å². The van der Waals surface area contributed by atoms with Gasteiger partial charge in [-0.05, 0) is 143 Å². The maximum Gasteiger partial charge on any atom is 0.137 e. The van der Waals surface area contributed by atoms with Gasteiger partial charge in [-0.15, -0.1) is 11.3 Å². The number of pyridine rings is 1. The Morgan fingerprint density at radius 1 is 0.506 bits per heavy atom. The molecule has 6 heteroatoms. The van der Waals surface area contributed by atoms with Crippen LogP contribution in [-0.4, -0.2) is 9.55 Å². The minimum atomic E-state index is -0.0422. The second-order valence-electron chi connectivity index (χ2n) is 23.5. The average molecular weight is 1030 g/mol. The van der Waals surface area contributed by atoms with Crippen molar-refractivity contribution >= 4 is 76.1 Å². The molecule has 3 aromatic heterocycles. The first kappa shape index (κ1) is 51.4. The maximum atomic E-state index is 6.87. The van der Waals surface area contributed by atoms with Crippen LogP contribution in [-0.2, 0) is 5.41 Å². The van der Waals surface area contributed by atoms with E-state index in [1.165, 1.54) is 92.1 Å². The van der Waals surface area contributed by atoms with E-state index in [2.05, 4.69) is 257 Å². The molecule has 388 valence electrons. The number of benzene rings is 8. The van der Waals surface area contributed by atoms with E-state index >= 15 is 0 Å². The summed E-state index contributed by atoms with van der Waals surface area (Å²) in [5.41, 5.74) is 20.5. The van der Waals surface area contributed by atoms with Crippen LogP contribution < -0.4 is 15.4 Å². The fourth-order valence-corrected chi connectivity index (χ4v) is 12.8. The number of nitrogens with one attached hydrogen (secondary N) is 2. The average Bonchev–Trinajstić information content (AvgIpc) is 4.20. The highest BCUT2D eigenvalue weighted by atomic mass is 32.1. The lowest BCUT2D eigenvalue weighted by Gasteiger charge is -2.28. The Labute approximate surface area is 460 Å². The maximum absolute atomic E-state index is 6.87. The molecule has 11 aromatic rings. The Morgan fingerprint density at radius 2 is 1.06 bits per heavy atom. The summed E-state index contributed by atoms with van der Waals surface area (Å²) in [6, 6.07) is 57.6. The van der Waals surface area contributed by atoms with Crippen LogP contribution in [0, 0.1) is 13.8 Å². The van der Waals surface area contributed by atoms with Crippen molar-refractivity contribution in [3.05, 3.63) is 203 Å². The molecule has 8 aromatic carbocycles. The number of anilines is 4. The summed E-state index contributed by atoms with van der Waals surface area (Å²) in [6.45, 7) is 29.9. The van der Waals surface area contributed by atoms with Crippen LogP contribution in [0.25, 0.3) is 70.0 Å². The Kier molecular flexibility index (Phi) is 13.6. The highest BCUT2D eigenvalue weighted by Gasteiger charge is 2.26. The summed E-state index contributed by atoms with van der Waals surface area (Å²) >= 11 is 1.86. The predicted molar refractivity (Wildman–Crippen MR) is 333 cm³/mol. The number of rotatable bonds is 13. The summed E-state index contributed by atoms with van der Waals surface area (Å²) in [4.78, 5) is 5.02. The zero-order chi connectivity index (χ0) is 54.0. The van der Waals surface area contributed by atoms with Crippen molar-refractivity contribution in [2.24, 2.45) is 0 Å². The third-order valence-electron chi connectivity index (χ3n) is 15.4. The second kappa shape index (κ2) is 20.4. The van der Waals surface area contributed by atoms with Crippen LogP contribution in [0.3, 0.4) is 0 Å². The van der Waals surface area contributed by atoms with E-state index in [0.29, 0.717) is 23.7 Å². The van der Waals surface area contributed by atoms with E-state index in [9.17, 15) is 0 Å². The molecule has 0 aliphatic heterocycles. The van der Waals surface area contributed by atoms with Crippen molar-refractivity contribution in [1.29, 1.82) is 0 Å². The lowest BCUT2D eigenvalue weighted by molar-refractivity contribution is 0.483. The number of aromatic nitrogens is 2. The zero-order valence-electron chi connectivity index (χ0n) is 47.1. The molecule has 0 aliphatic carbocycles. The van der Waals surface area contributed by atoms with Gasteiger partial charge in [-0.3, -0.25) is 4.57 Å². The first-order chi connectivity index (χ1) is 36.9. The monoisotopic (exact) mass is 1030 g/mol. The van der Waals surface area contributed by atoms with Gasteiger partial charge in [0.1, 0.15) is 17.3 Å². The zero-order valence-corrected chi connectivity index (χ0v) is 47.9. The molecular formula is C71H72N4OS. The predicted octanol–water partition coefficient (Wildman–Crippen LogP) is 21.6. The Bertz CT molecular complexity index is 3900. The molecule has 0 amide bonds. The van der Waals surface area contributed by atoms with Crippen LogP contribution in [0.1, 0.15) is 139 Å². The summed E-state index contributed by atoms with van der Waals surface area (Å²) in [7, 11) is 0. The van der Waals surface area contributed by atoms with Crippen molar-refractivity contribution in [1.82, 2.24) is 9.55 Å². The number of thiophene rings is 1. The number of nitrogens with zero attached hydrogens (tertiary/aromatic N) is 2. The fraction of sp³-hybridized carbons (Fsp3) is 0.254. The Balaban J connectivity index is 1.00. The van der Waals surface area contributed by atoms with Crippen LogP contribution in [0.4, 0.5) is 22.7 Å². The van der Waals surface area contributed by atoms with Gasteiger partial charge in [-0.1, -0.05) is 172 Å². The first-order valence-corrected chi connectivity index (χ1v) is 28.4. The summed E-state index contributed by atoms with van der Waals surface area (Å²) in [5.74, 6) is 3.68. The molecule has 0 bridgehead atoms. The second-order valence-corrected chi connectivity index (χ2v) is 24.6. The number of aryl methyl sites for hydroxylation is 2. The SMILES string of the molecule is Cc1cc(C(C)C)c(-c2cccc(-c3c(C(C)C)cc(C)cc3C(C)C)c2Nc2ccccc2Nc2cccc(Oc3ccc4c5c6sc7ccccc7c6ccc5n(-c5cc(C(C)(C)C)ccn5)c4c3)c2)c(C(C)C)c1. The van der Waals surface area contributed by atoms with Crippen LogP contribution >= 0.6 is 11.3 Å². The molecule has 0 saturated carbocycles. The van der Waals surface area contributed by atoms with Gasteiger partial charge in [0.25, 0.3) is 0 Å². The molecule has 0 atom stereocenters. The quantitative estimate of drug-likeness (QED) is 0.121. The standard InChI is InChI=1S/C71H72N4OS/c1-41(2)56-34-45(9)35-57(42(3)4)66(56)54-23-19-24-55(67-58(43(5)6)36-46(10)37-59(67)44(7)8)69(54)74-61-26-16-15-25-60(61)73-48-20-18-21-49(39-48)76-50-28-29-53-63(40-50)75(65-38-47(32-33-72-65)71(11,12)13)62-31-30-52-51-22-14-17-27-64(51)77-70(52)68(53)62/h14-44,73-74H,1-13H3. The lowest BCUT2D eigenvalue weighted by Crippen LogP contribution is -2.12. The van der Waals surface area contributed by atoms with Crippen LogP contribution in [0.15, 0.2) is 164 Å². The molecule has 5 nitrogen and oxygen atoms in total. The van der Waals surface area contributed by atoms with Crippen molar-refractivity contribution in [2.45, 2.75) is 119 Å². The normalized spacial score (nSPS) is 12.2. The topological polar surface area (TPSA) is 51.1 Å². The smallest absolute Gasteiger partial charge is 0.137 e. The summed E-state index contributed by atoms with van der Waals surface area (Å²) < 4.78 is 11.8. The van der Waals surface area contributed by atoms with Gasteiger partial charge in [0.2, 0.25) is 0 Å². The van der Waals surface area contributed by atoms with Gasteiger partial charge in [0.05, 0.1) is 28.1 Å². The fourth-order valence-electron chi connectivity index (χ4n) is 11.6. The van der Waals surface area contributed by atoms with E-state index in [-0.39, 0.29) is 5.41 Å². The number of hydrogen-bond donors (Lipinski definition) is 2. The van der Waals surface area contributed by atoms with Crippen molar-refractivity contribution in [2.75, 3.05) is 10.6 Å². The van der Waals surface area contributed by atoms with E-state index in [1.807, 2.05) is 23.6 Å². The molecule has 0 unspecified atom stereocenters. The van der Waals surface area contributed by atoms with E-state index < -0.39 is 0 Å². The van der Waals surface area contributed by atoms with E-state index in [0.717, 1.165) is 51.1 Å². The highest BCUT2D eigenvalue weighted by molar-refractivity contribution is 7.26. The molecule has 0 radical (unpaired) electrons. The van der Waals surface area contributed by atoms with Gasteiger partial charge in [-0.2, -0.15) is 0 Å². The van der Waals surface area contributed by atoms with Gasteiger partial charge < -0.3 is 15.4 Å². The third kappa shape index (κ3) is 9.67. The van der Waals surface area contributed by atoms with Gasteiger partial charge >= 0.3 is 0 Å². The molecule has 77 heavy (non-hydrogen) atoms. The van der Waals surface area contributed by atoms with Crippen LogP contribution in [0.2, 0.25) is 0 Å². The number of ether oxygens (including phenoxy) is 1. The molecule has 3 heterocycles. The van der Waals surface area contributed by atoms with Crippen LogP contribution in [0.5, 0.6) is 11.5 Å². The molecule has 0 spiro atoms. The summed E-state index contributed by atoms with van der Waals surface area (Å²) in [5, 5.41) is 13.0. The van der Waals surface area contributed by atoms with Gasteiger partial charge in [0.15, 0.2) is 0 Å². The molecule has 0 aliphatic rings. The minimum absolute atomic E-state index is 0.0422. The largest absolute Gasteiger partial charge is 0.457 e. The molecular weight excluding hydrogens is 957 g/mol. The van der Waals surface area contributed by atoms with Crippen molar-refractivity contribution in [3.63, 3.8) is 0 Å². The number of hydrogen-bond acceptors (Lipinski definition) is 5.